The Morgan fingerprint density at radius 2 is 2.08 bits per heavy atom. The Balaban J connectivity index is 2.67. The zero-order valence-electron chi connectivity index (χ0n) is 7.21. The van der Waals surface area contributed by atoms with Crippen LogP contribution in [-0.2, 0) is 4.74 Å². The average Bonchev–Trinajstić information content (AvgIpc) is 2.42. The number of nitrogens with two attached hydrogens (primary N) is 1. The fraction of sp³-hybridized carbons (Fsp3) is 0.875. The number of rotatable bonds is 3. The van der Waals surface area contributed by atoms with Crippen LogP contribution >= 0.6 is 0 Å². The molecule has 1 fully saturated rings. The topological polar surface area (TPSA) is 95.9 Å². The predicted octanol–water partition coefficient (Wildman–Crippen LogP) is -2.25. The Bertz CT molecular complexity index is 166. The molecule has 13 heavy (non-hydrogen) atoms. The first-order chi connectivity index (χ1) is 6.11. The van der Waals surface area contributed by atoms with Gasteiger partial charge in [0.05, 0.1) is 31.5 Å². The fourth-order valence-electron chi connectivity index (χ4n) is 1.63. The van der Waals surface area contributed by atoms with E-state index >= 15 is 0 Å². The summed E-state index contributed by atoms with van der Waals surface area (Å²) in [4.78, 5) is 0. The van der Waals surface area contributed by atoms with Crippen molar-refractivity contribution >= 4 is 0 Å². The van der Waals surface area contributed by atoms with Gasteiger partial charge in [0.1, 0.15) is 0 Å². The maximum Gasteiger partial charge on any atom is 0.0880 e. The minimum atomic E-state index is -0.931. The maximum absolute atomic E-state index is 9.51. The van der Waals surface area contributed by atoms with Crippen LogP contribution in [0.2, 0.25) is 0 Å². The Kier molecular flexibility index (Phi) is 3.63. The highest BCUT2D eigenvalue weighted by Crippen LogP contribution is 2.28. The summed E-state index contributed by atoms with van der Waals surface area (Å²) < 4.78 is 5.04. The molecule has 0 aromatic heterocycles. The SMILES string of the molecule is [CH][C@@H]1O[C@H](CO)[C@H](C(N)CO)C1O. The molecule has 2 unspecified atom stereocenters. The van der Waals surface area contributed by atoms with Gasteiger partial charge >= 0.3 is 0 Å². The van der Waals surface area contributed by atoms with Crippen molar-refractivity contribution in [3.05, 3.63) is 6.92 Å². The first-order valence-corrected chi connectivity index (χ1v) is 4.18. The molecule has 5 heteroatoms. The smallest absolute Gasteiger partial charge is 0.0880 e. The van der Waals surface area contributed by atoms with Gasteiger partial charge in [-0.2, -0.15) is 0 Å². The van der Waals surface area contributed by atoms with Gasteiger partial charge < -0.3 is 25.8 Å². The number of hydrogen-bond donors (Lipinski definition) is 4. The number of aliphatic hydroxyl groups excluding tert-OH is 3. The van der Waals surface area contributed by atoms with Crippen molar-refractivity contribution in [2.45, 2.75) is 24.4 Å². The van der Waals surface area contributed by atoms with Crippen molar-refractivity contribution in [1.82, 2.24) is 0 Å². The highest BCUT2D eigenvalue weighted by molar-refractivity contribution is 4.96. The molecule has 1 rings (SSSR count). The summed E-state index contributed by atoms with van der Waals surface area (Å²) in [7, 11) is 0. The Hall–Kier alpha value is -0.200. The zero-order valence-corrected chi connectivity index (χ0v) is 7.21. The first kappa shape index (κ1) is 10.9. The van der Waals surface area contributed by atoms with E-state index in [-0.39, 0.29) is 13.2 Å². The summed E-state index contributed by atoms with van der Waals surface area (Å²) in [5.74, 6) is -0.509. The van der Waals surface area contributed by atoms with Crippen molar-refractivity contribution in [2.24, 2.45) is 11.7 Å². The molecule has 1 saturated heterocycles. The largest absolute Gasteiger partial charge is 0.395 e. The van der Waals surface area contributed by atoms with Gasteiger partial charge in [-0.15, -0.1) is 0 Å². The maximum atomic E-state index is 9.51. The second-order valence-electron chi connectivity index (χ2n) is 3.24. The van der Waals surface area contributed by atoms with Crippen molar-refractivity contribution in [1.29, 1.82) is 0 Å². The van der Waals surface area contributed by atoms with Crippen LogP contribution in [-0.4, -0.2) is 52.9 Å². The molecule has 0 bridgehead atoms. The predicted molar refractivity (Wildman–Crippen MR) is 44.6 cm³/mol. The third-order valence-corrected chi connectivity index (χ3v) is 2.38. The van der Waals surface area contributed by atoms with E-state index in [1.165, 1.54) is 0 Å². The first-order valence-electron chi connectivity index (χ1n) is 4.18. The third kappa shape index (κ3) is 2.00. The van der Waals surface area contributed by atoms with Gasteiger partial charge in [0.15, 0.2) is 0 Å². The molecule has 76 valence electrons. The minimum Gasteiger partial charge on any atom is -0.395 e. The van der Waals surface area contributed by atoms with E-state index < -0.39 is 30.3 Å². The van der Waals surface area contributed by atoms with Gasteiger partial charge in [-0.05, 0) is 6.92 Å². The van der Waals surface area contributed by atoms with E-state index in [9.17, 15) is 5.11 Å². The molecule has 0 saturated carbocycles. The van der Waals surface area contributed by atoms with Crippen molar-refractivity contribution in [3.63, 3.8) is 0 Å². The second-order valence-corrected chi connectivity index (χ2v) is 3.24. The standard InChI is InChI=1S/C8H15NO4/c1-4-8(12)7(5(9)2-10)6(3-11)13-4/h1,4-8,10-12H,2-3,9H2/t4-,5?,6+,7-,8?/m0/s1. The number of hydrogen-bond acceptors (Lipinski definition) is 5. The van der Waals surface area contributed by atoms with Crippen LogP contribution in [0.15, 0.2) is 0 Å². The van der Waals surface area contributed by atoms with Gasteiger partial charge in [-0.3, -0.25) is 0 Å². The zero-order chi connectivity index (χ0) is 10.0. The quantitative estimate of drug-likeness (QED) is 0.402. The third-order valence-electron chi connectivity index (χ3n) is 2.38. The summed E-state index contributed by atoms with van der Waals surface area (Å²) in [6.45, 7) is 4.88. The minimum absolute atomic E-state index is 0.261. The molecular formula is C8H15NO4. The summed E-state index contributed by atoms with van der Waals surface area (Å²) >= 11 is 0. The van der Waals surface area contributed by atoms with Crippen molar-refractivity contribution in [2.75, 3.05) is 13.2 Å². The molecule has 5 nitrogen and oxygen atoms in total. The van der Waals surface area contributed by atoms with E-state index in [4.69, 9.17) is 27.6 Å². The van der Waals surface area contributed by atoms with Crippen LogP contribution in [0.3, 0.4) is 0 Å². The molecule has 1 heterocycles. The molecule has 5 N–H and O–H groups in total. The van der Waals surface area contributed by atoms with Crippen molar-refractivity contribution in [3.8, 4) is 0 Å². The molecule has 0 aliphatic carbocycles. The average molecular weight is 189 g/mol. The normalized spacial score (nSPS) is 42.2. The second kappa shape index (κ2) is 4.34. The summed E-state index contributed by atoms with van der Waals surface area (Å²) in [5.41, 5.74) is 5.54. The molecular weight excluding hydrogens is 174 g/mol. The molecule has 1 aliphatic rings. The van der Waals surface area contributed by atoms with Crippen LogP contribution in [0.1, 0.15) is 0 Å². The van der Waals surface area contributed by atoms with Crippen LogP contribution in [0, 0.1) is 12.8 Å². The molecule has 0 amide bonds. The lowest BCUT2D eigenvalue weighted by Crippen LogP contribution is -2.45. The lowest BCUT2D eigenvalue weighted by Gasteiger charge is -2.23. The van der Waals surface area contributed by atoms with Crippen LogP contribution < -0.4 is 5.73 Å². The molecule has 0 aromatic carbocycles. The summed E-state index contributed by atoms with van der Waals surface area (Å²) in [6.07, 6.45) is -2.36. The van der Waals surface area contributed by atoms with Gasteiger partial charge in [0.25, 0.3) is 0 Å². The number of aliphatic hydroxyl groups is 3. The lowest BCUT2D eigenvalue weighted by molar-refractivity contribution is 0.00601. The van der Waals surface area contributed by atoms with Crippen molar-refractivity contribution < 1.29 is 20.1 Å². The number of ether oxygens (including phenoxy) is 1. The van der Waals surface area contributed by atoms with Crippen LogP contribution in [0.25, 0.3) is 0 Å². The summed E-state index contributed by atoms with van der Waals surface area (Å²) in [5, 5.41) is 27.2. The summed E-state index contributed by atoms with van der Waals surface area (Å²) in [6, 6.07) is -0.624. The van der Waals surface area contributed by atoms with Gasteiger partial charge in [0.2, 0.25) is 0 Å². The van der Waals surface area contributed by atoms with E-state index in [0.717, 1.165) is 0 Å². The molecule has 0 aromatic rings. The molecule has 5 atom stereocenters. The van der Waals surface area contributed by atoms with Crippen LogP contribution in [0.4, 0.5) is 0 Å². The molecule has 1 aliphatic heterocycles. The van der Waals surface area contributed by atoms with Gasteiger partial charge in [-0.1, -0.05) is 0 Å². The van der Waals surface area contributed by atoms with Gasteiger partial charge in [0, 0.05) is 12.0 Å². The molecule has 0 spiro atoms. The monoisotopic (exact) mass is 189 g/mol. The van der Waals surface area contributed by atoms with Crippen LogP contribution in [0.5, 0.6) is 0 Å². The fourth-order valence-corrected chi connectivity index (χ4v) is 1.63. The lowest BCUT2D eigenvalue weighted by atomic mass is 9.90. The highest BCUT2D eigenvalue weighted by atomic mass is 16.5. The Morgan fingerprint density at radius 1 is 1.46 bits per heavy atom. The van der Waals surface area contributed by atoms with E-state index in [1.54, 1.807) is 0 Å². The Labute approximate surface area is 77.1 Å². The molecule has 2 radical (unpaired) electrons. The van der Waals surface area contributed by atoms with E-state index in [0.29, 0.717) is 0 Å². The highest BCUT2D eigenvalue weighted by Gasteiger charge is 2.43. The van der Waals surface area contributed by atoms with E-state index in [1.807, 2.05) is 0 Å². The Morgan fingerprint density at radius 3 is 2.54 bits per heavy atom. The van der Waals surface area contributed by atoms with Gasteiger partial charge in [-0.25, -0.2) is 0 Å². The van der Waals surface area contributed by atoms with E-state index in [2.05, 4.69) is 0 Å².